The van der Waals surface area contributed by atoms with E-state index in [0.29, 0.717) is 28.9 Å². The van der Waals surface area contributed by atoms with Crippen molar-refractivity contribution >= 4 is 40.5 Å². The summed E-state index contributed by atoms with van der Waals surface area (Å²) in [5.41, 5.74) is 2.06. The molecule has 2 N–H and O–H groups in total. The molecule has 0 spiro atoms. The fraction of sp³-hybridized carbons (Fsp3) is 0.333. The summed E-state index contributed by atoms with van der Waals surface area (Å²) in [6.07, 6.45) is -5.54. The van der Waals surface area contributed by atoms with Crippen LogP contribution in [0.5, 0.6) is 0 Å². The Morgan fingerprint density at radius 1 is 1.02 bits per heavy atom. The number of hydrogen-bond acceptors (Lipinski definition) is 5. The van der Waals surface area contributed by atoms with Gasteiger partial charge in [-0.2, -0.15) is 13.2 Å². The minimum Gasteiger partial charge on any atom is -0.345 e. The molecule has 2 atom stereocenters. The van der Waals surface area contributed by atoms with E-state index in [-0.39, 0.29) is 25.3 Å². The number of hydrogen-bond donors (Lipinski definition) is 2. The first-order valence-corrected chi connectivity index (χ1v) is 14.2. The lowest BCUT2D eigenvalue weighted by Crippen LogP contribution is -2.53. The topological polar surface area (TPSA) is 90.9 Å². The van der Waals surface area contributed by atoms with Gasteiger partial charge >= 0.3 is 6.18 Å². The zero-order valence-corrected chi connectivity index (χ0v) is 23.3. The zero-order chi connectivity index (χ0) is 29.4. The SMILES string of the molecule is C[C@H](NC(=O)CCCc1cccs1)C(=O)NC1N=C(c2ccccc2)c2ccccc2N(CCCC(F)(F)F)C1=O. The number of aryl methyl sites for hydroxylation is 1. The number of thiophene rings is 1. The summed E-state index contributed by atoms with van der Waals surface area (Å²) in [6, 6.07) is 18.9. The van der Waals surface area contributed by atoms with Crippen molar-refractivity contribution in [3.63, 3.8) is 0 Å². The standard InChI is InChI=1S/C30H31F3N4O3S/c1-20(34-25(38)16-7-12-22-13-8-19-41-22)28(39)36-27-29(40)37(18-9-17-30(31,32)33)24-15-6-5-14-23(24)26(35-27)21-10-3-2-4-11-21/h2-6,8,10-11,13-15,19-20,27H,7,9,12,16-18H2,1H3,(H,34,38)(H,36,39)/t20-,27?/m0/s1. The summed E-state index contributed by atoms with van der Waals surface area (Å²) in [5.74, 6) is -1.59. The Hall–Kier alpha value is -3.99. The van der Waals surface area contributed by atoms with Crippen LogP contribution >= 0.6 is 11.3 Å². The lowest BCUT2D eigenvalue weighted by atomic mass is 10.00. The first-order chi connectivity index (χ1) is 19.6. The summed E-state index contributed by atoms with van der Waals surface area (Å²) in [6.45, 7) is 1.29. The number of benzene rings is 2. The van der Waals surface area contributed by atoms with Gasteiger partial charge in [0, 0.05) is 35.4 Å². The van der Waals surface area contributed by atoms with Crippen molar-refractivity contribution in [2.24, 2.45) is 4.99 Å². The quantitative estimate of drug-likeness (QED) is 0.323. The molecule has 1 aliphatic heterocycles. The van der Waals surface area contributed by atoms with Crippen LogP contribution in [0.2, 0.25) is 0 Å². The number of carbonyl (C=O) groups is 3. The molecule has 0 radical (unpaired) electrons. The van der Waals surface area contributed by atoms with E-state index in [2.05, 4.69) is 15.6 Å². The normalized spacial score (nSPS) is 15.9. The second kappa shape index (κ2) is 13.6. The van der Waals surface area contributed by atoms with Crippen molar-refractivity contribution in [2.75, 3.05) is 11.4 Å². The van der Waals surface area contributed by atoms with E-state index >= 15 is 0 Å². The van der Waals surface area contributed by atoms with E-state index in [1.54, 1.807) is 59.9 Å². The third-order valence-electron chi connectivity index (χ3n) is 6.55. The number of rotatable bonds is 11. The Bertz CT molecular complexity index is 1380. The molecule has 1 aliphatic rings. The molecule has 0 saturated heterocycles. The maximum absolute atomic E-state index is 13.7. The molecule has 0 fully saturated rings. The van der Waals surface area contributed by atoms with Gasteiger partial charge in [0.25, 0.3) is 5.91 Å². The van der Waals surface area contributed by atoms with E-state index in [0.717, 1.165) is 6.42 Å². The second-order valence-corrected chi connectivity index (χ2v) is 10.7. The van der Waals surface area contributed by atoms with Gasteiger partial charge in [-0.3, -0.25) is 14.4 Å². The predicted molar refractivity (Wildman–Crippen MR) is 153 cm³/mol. The summed E-state index contributed by atoms with van der Waals surface area (Å²) in [5, 5.41) is 7.24. The number of alkyl halides is 3. The molecule has 7 nitrogen and oxygen atoms in total. The molecule has 0 aliphatic carbocycles. The van der Waals surface area contributed by atoms with Crippen LogP contribution in [-0.4, -0.2) is 48.4 Å². The minimum absolute atomic E-state index is 0.212. The number of para-hydroxylation sites is 1. The van der Waals surface area contributed by atoms with Crippen LogP contribution in [0.4, 0.5) is 18.9 Å². The largest absolute Gasteiger partial charge is 0.389 e. The molecule has 4 rings (SSSR count). The zero-order valence-electron chi connectivity index (χ0n) is 22.5. The fourth-order valence-corrected chi connectivity index (χ4v) is 5.29. The first kappa shape index (κ1) is 30.0. The summed E-state index contributed by atoms with van der Waals surface area (Å²) < 4.78 is 38.8. The number of nitrogens with one attached hydrogen (secondary N) is 2. The number of aliphatic imine (C=N–C) groups is 1. The van der Waals surface area contributed by atoms with Crippen molar-refractivity contribution in [1.29, 1.82) is 0 Å². The monoisotopic (exact) mass is 584 g/mol. The molecule has 2 heterocycles. The van der Waals surface area contributed by atoms with E-state index in [1.807, 2.05) is 23.6 Å². The molecule has 0 saturated carbocycles. The molecular weight excluding hydrogens is 553 g/mol. The van der Waals surface area contributed by atoms with Gasteiger partial charge in [0.2, 0.25) is 18.0 Å². The molecule has 1 aromatic heterocycles. The molecule has 3 amide bonds. The highest BCUT2D eigenvalue weighted by Crippen LogP contribution is 2.30. The lowest BCUT2D eigenvalue weighted by Gasteiger charge is -2.26. The predicted octanol–water partition coefficient (Wildman–Crippen LogP) is 5.24. The van der Waals surface area contributed by atoms with Crippen molar-refractivity contribution in [3.8, 4) is 0 Å². The van der Waals surface area contributed by atoms with E-state index in [9.17, 15) is 27.6 Å². The number of benzodiazepines with no additional fused rings is 1. The highest BCUT2D eigenvalue weighted by molar-refractivity contribution is 7.09. The lowest BCUT2D eigenvalue weighted by molar-refractivity contribution is -0.135. The van der Waals surface area contributed by atoms with Gasteiger partial charge < -0.3 is 15.5 Å². The average Bonchev–Trinajstić information content (AvgIpc) is 3.43. The van der Waals surface area contributed by atoms with Crippen LogP contribution < -0.4 is 15.5 Å². The van der Waals surface area contributed by atoms with Gasteiger partial charge in [-0.25, -0.2) is 4.99 Å². The molecule has 41 heavy (non-hydrogen) atoms. The smallest absolute Gasteiger partial charge is 0.345 e. The Morgan fingerprint density at radius 3 is 2.46 bits per heavy atom. The maximum atomic E-state index is 13.7. The Labute approximate surface area is 240 Å². The Morgan fingerprint density at radius 2 is 1.76 bits per heavy atom. The Kier molecular flexibility index (Phi) is 9.93. The van der Waals surface area contributed by atoms with Crippen molar-refractivity contribution in [1.82, 2.24) is 10.6 Å². The van der Waals surface area contributed by atoms with Gasteiger partial charge in [0.1, 0.15) is 6.04 Å². The first-order valence-electron chi connectivity index (χ1n) is 13.4. The highest BCUT2D eigenvalue weighted by atomic mass is 32.1. The minimum atomic E-state index is -4.37. The van der Waals surface area contributed by atoms with Gasteiger partial charge in [0.05, 0.1) is 11.4 Å². The van der Waals surface area contributed by atoms with Crippen LogP contribution in [-0.2, 0) is 20.8 Å². The van der Waals surface area contributed by atoms with E-state index < -0.39 is 36.6 Å². The average molecular weight is 585 g/mol. The molecular formula is C30H31F3N4O3S. The third-order valence-corrected chi connectivity index (χ3v) is 7.49. The van der Waals surface area contributed by atoms with E-state index in [4.69, 9.17) is 0 Å². The maximum Gasteiger partial charge on any atom is 0.389 e. The number of anilines is 1. The van der Waals surface area contributed by atoms with Gasteiger partial charge in [0.15, 0.2) is 0 Å². The van der Waals surface area contributed by atoms with Crippen LogP contribution in [0, 0.1) is 0 Å². The highest BCUT2D eigenvalue weighted by Gasteiger charge is 2.35. The summed E-state index contributed by atoms with van der Waals surface area (Å²) in [7, 11) is 0. The van der Waals surface area contributed by atoms with E-state index in [1.165, 1.54) is 16.7 Å². The van der Waals surface area contributed by atoms with Crippen LogP contribution in [0.1, 0.15) is 48.6 Å². The molecule has 0 bridgehead atoms. The number of halogens is 3. The van der Waals surface area contributed by atoms with Crippen LogP contribution in [0.25, 0.3) is 0 Å². The molecule has 216 valence electrons. The van der Waals surface area contributed by atoms with Crippen molar-refractivity contribution < 1.29 is 27.6 Å². The molecule has 3 aromatic rings. The van der Waals surface area contributed by atoms with Gasteiger partial charge in [-0.15, -0.1) is 11.3 Å². The molecule has 1 unspecified atom stereocenters. The molecule has 2 aromatic carbocycles. The summed E-state index contributed by atoms with van der Waals surface area (Å²) >= 11 is 1.61. The molecule has 11 heteroatoms. The van der Waals surface area contributed by atoms with Gasteiger partial charge in [-0.05, 0) is 43.7 Å². The van der Waals surface area contributed by atoms with Crippen molar-refractivity contribution in [3.05, 3.63) is 88.1 Å². The summed E-state index contributed by atoms with van der Waals surface area (Å²) in [4.78, 5) is 46.3. The van der Waals surface area contributed by atoms with Gasteiger partial charge in [-0.1, -0.05) is 54.6 Å². The fourth-order valence-electron chi connectivity index (χ4n) is 4.53. The Balaban J connectivity index is 1.53. The number of nitrogens with zero attached hydrogens (tertiary/aromatic N) is 2. The number of amides is 3. The van der Waals surface area contributed by atoms with Crippen LogP contribution in [0.15, 0.2) is 77.1 Å². The van der Waals surface area contributed by atoms with Crippen LogP contribution in [0.3, 0.4) is 0 Å². The third kappa shape index (κ3) is 8.26. The number of fused-ring (bicyclic) bond motifs is 1. The second-order valence-electron chi connectivity index (χ2n) is 9.70. The van der Waals surface area contributed by atoms with Crippen molar-refractivity contribution in [2.45, 2.75) is 57.4 Å². The number of carbonyl (C=O) groups excluding carboxylic acids is 3.